The molecule has 0 N–H and O–H groups in total. The summed E-state index contributed by atoms with van der Waals surface area (Å²) in [5.74, 6) is 0. The van der Waals surface area contributed by atoms with Gasteiger partial charge >= 0.3 is 21.1 Å². The van der Waals surface area contributed by atoms with Crippen molar-refractivity contribution in [1.82, 2.24) is 0 Å². The largest absolute Gasteiger partial charge is 2.00 e. The molecule has 1 unspecified atom stereocenters. The third-order valence-electron chi connectivity index (χ3n) is 1.44. The van der Waals surface area contributed by atoms with E-state index in [1.165, 1.54) is 0 Å². The van der Waals surface area contributed by atoms with Crippen LogP contribution in [0.15, 0.2) is 0 Å². The van der Waals surface area contributed by atoms with E-state index >= 15 is 0 Å². The average Bonchev–Trinajstić information content (AvgIpc) is 2.02. The van der Waals surface area contributed by atoms with Gasteiger partial charge in [0.05, 0.1) is 6.10 Å². The van der Waals surface area contributed by atoms with Crippen LogP contribution in [0.1, 0.15) is 20.8 Å². The van der Waals surface area contributed by atoms with E-state index < -0.39 is 5.41 Å². The van der Waals surface area contributed by atoms with E-state index in [1.54, 1.807) is 14.0 Å². The molecule has 0 aliphatic heterocycles. The summed E-state index contributed by atoms with van der Waals surface area (Å²) in [6.45, 7) is 6.34. The van der Waals surface area contributed by atoms with Crippen molar-refractivity contribution in [1.29, 1.82) is 0 Å². The zero-order valence-corrected chi connectivity index (χ0v) is 11.6. The molecule has 0 bridgehead atoms. The van der Waals surface area contributed by atoms with Gasteiger partial charge in [-0.15, -0.1) is 0 Å². The second kappa shape index (κ2) is 7.66. The van der Waals surface area contributed by atoms with Crippen molar-refractivity contribution in [3.8, 4) is 0 Å². The van der Waals surface area contributed by atoms with Gasteiger partial charge in [0.15, 0.2) is 0 Å². The molecule has 3 nitrogen and oxygen atoms in total. The van der Waals surface area contributed by atoms with Crippen LogP contribution in [0.5, 0.6) is 0 Å². The number of methoxy groups -OCH3 is 1. The van der Waals surface area contributed by atoms with E-state index in [1.807, 2.05) is 20.1 Å². The average molecular weight is 357 g/mol. The van der Waals surface area contributed by atoms with E-state index in [2.05, 4.69) is 0 Å². The van der Waals surface area contributed by atoms with Gasteiger partial charge in [0.1, 0.15) is 0 Å². The summed E-state index contributed by atoms with van der Waals surface area (Å²) in [6.07, 6.45) is 2.07. The van der Waals surface area contributed by atoms with Gasteiger partial charge in [0.25, 0.3) is 0 Å². The smallest absolute Gasteiger partial charge is 0.541 e. The van der Waals surface area contributed by atoms with Gasteiger partial charge in [-0.3, -0.25) is 6.29 Å². The van der Waals surface area contributed by atoms with Crippen LogP contribution in [-0.2, 0) is 35.3 Å². The Hall–Kier alpha value is 0.278. The van der Waals surface area contributed by atoms with Crippen molar-refractivity contribution in [3.05, 3.63) is 0 Å². The minimum absolute atomic E-state index is 0. The Morgan fingerprint density at radius 3 is 2.23 bits per heavy atom. The van der Waals surface area contributed by atoms with Crippen LogP contribution in [0.4, 0.5) is 0 Å². The second-order valence-corrected chi connectivity index (χ2v) is 3.46. The zero-order chi connectivity index (χ0) is 9.61. The molecule has 0 aliphatic rings. The molecule has 0 aromatic carbocycles. The summed E-state index contributed by atoms with van der Waals surface area (Å²) < 4.78 is 10.2. The fourth-order valence-corrected chi connectivity index (χ4v) is 0.770. The fraction of sp³-hybridized carbons (Fsp3) is 0.889. The van der Waals surface area contributed by atoms with Crippen LogP contribution in [0.3, 0.4) is 0 Å². The van der Waals surface area contributed by atoms with E-state index in [4.69, 9.17) is 9.47 Å². The first-order valence-electron chi connectivity index (χ1n) is 4.04. The van der Waals surface area contributed by atoms with Gasteiger partial charge < -0.3 is 14.3 Å². The predicted molar refractivity (Wildman–Crippen MR) is 46.8 cm³/mol. The van der Waals surface area contributed by atoms with Crippen molar-refractivity contribution in [3.63, 3.8) is 0 Å². The van der Waals surface area contributed by atoms with Crippen LogP contribution in [-0.4, -0.2) is 32.7 Å². The van der Waals surface area contributed by atoms with Gasteiger partial charge in [-0.1, -0.05) is 12.3 Å². The first-order chi connectivity index (χ1) is 5.54. The van der Waals surface area contributed by atoms with Crippen molar-refractivity contribution in [2.24, 2.45) is 5.41 Å². The summed E-state index contributed by atoms with van der Waals surface area (Å²) in [5.41, 5.74) is -0.626. The Balaban J connectivity index is 0. The Bertz CT molecular complexity index is 139. The van der Waals surface area contributed by atoms with Gasteiger partial charge in [-0.2, -0.15) is 0 Å². The first kappa shape index (κ1) is 15.7. The van der Waals surface area contributed by atoms with Gasteiger partial charge in [0.2, 0.25) is 0 Å². The van der Waals surface area contributed by atoms with E-state index in [0.29, 0.717) is 13.2 Å². The maximum absolute atomic E-state index is 10.5. The molecule has 0 saturated heterocycles. The summed E-state index contributed by atoms with van der Waals surface area (Å²) in [6, 6.07) is 0. The molecule has 0 fully saturated rings. The van der Waals surface area contributed by atoms with Crippen LogP contribution in [0, 0.1) is 5.41 Å². The third-order valence-corrected chi connectivity index (χ3v) is 1.44. The number of rotatable bonds is 6. The maximum Gasteiger partial charge on any atom is 2.00 e. The number of ether oxygens (including phenoxy) is 2. The zero-order valence-electron chi connectivity index (χ0n) is 8.62. The third kappa shape index (κ3) is 7.36. The van der Waals surface area contributed by atoms with Gasteiger partial charge in [0, 0.05) is 20.3 Å². The summed E-state index contributed by atoms with van der Waals surface area (Å²) in [5, 5.41) is 0. The molecule has 0 heterocycles. The van der Waals surface area contributed by atoms with Crippen LogP contribution >= 0.6 is 0 Å². The monoisotopic (exact) mass is 357 g/mol. The Kier molecular flexibility index (Phi) is 9.27. The maximum atomic E-state index is 10.5. The molecule has 1 atom stereocenters. The quantitative estimate of drug-likeness (QED) is 0.670. The normalized spacial score (nSPS) is 14.8. The minimum atomic E-state index is -0.626. The Labute approximate surface area is 94.4 Å². The number of carbonyl (C=O) groups excluding carboxylic acids is 1. The van der Waals surface area contributed by atoms with Gasteiger partial charge in [-0.25, -0.2) is 0 Å². The topological polar surface area (TPSA) is 35.5 Å². The molecule has 0 aliphatic carbocycles. The second-order valence-electron chi connectivity index (χ2n) is 3.46. The molecule has 0 amide bonds. The van der Waals surface area contributed by atoms with Gasteiger partial charge in [-0.05, 0) is 13.8 Å². The number of hydrogen-bond acceptors (Lipinski definition) is 3. The van der Waals surface area contributed by atoms with E-state index in [-0.39, 0.29) is 27.2 Å². The van der Waals surface area contributed by atoms with E-state index in [9.17, 15) is 4.79 Å². The molecule has 76 valence electrons. The van der Waals surface area contributed by atoms with E-state index in [0.717, 1.165) is 0 Å². The first-order valence-corrected chi connectivity index (χ1v) is 4.04. The molecule has 0 spiro atoms. The fourth-order valence-electron chi connectivity index (χ4n) is 0.770. The minimum Gasteiger partial charge on any atom is -0.541 e. The molecule has 0 saturated carbocycles. The van der Waals surface area contributed by atoms with Crippen molar-refractivity contribution in [2.45, 2.75) is 26.9 Å². The Morgan fingerprint density at radius 2 is 1.92 bits per heavy atom. The SMILES string of the molecule is COCC(C)([C-]=O)COC(C)C.[W+2]. The number of hydrogen-bond donors (Lipinski definition) is 0. The van der Waals surface area contributed by atoms with Crippen molar-refractivity contribution < 1.29 is 35.3 Å². The summed E-state index contributed by atoms with van der Waals surface area (Å²) in [7, 11) is 1.56. The molecule has 4 heteroatoms. The molecule has 0 radical (unpaired) electrons. The Morgan fingerprint density at radius 1 is 1.38 bits per heavy atom. The van der Waals surface area contributed by atoms with Crippen molar-refractivity contribution in [2.75, 3.05) is 20.3 Å². The molecule has 13 heavy (non-hydrogen) atoms. The molecular weight excluding hydrogens is 340 g/mol. The molecule has 0 aromatic rings. The van der Waals surface area contributed by atoms with Crippen molar-refractivity contribution >= 4 is 6.29 Å². The standard InChI is InChI=1S/C9H17O3.W/c1-8(2)12-7-9(3,5-10)6-11-4;/h8H,6-7H2,1-4H3;/q-1;+2. The molecule has 0 aromatic heterocycles. The van der Waals surface area contributed by atoms with Crippen LogP contribution < -0.4 is 0 Å². The summed E-state index contributed by atoms with van der Waals surface area (Å²) in [4.78, 5) is 10.5. The van der Waals surface area contributed by atoms with Crippen LogP contribution in [0.2, 0.25) is 0 Å². The van der Waals surface area contributed by atoms with Crippen LogP contribution in [0.25, 0.3) is 0 Å². The molecular formula is C9H17O3W+. The predicted octanol–water partition coefficient (Wildman–Crippen LogP) is 1.17. The summed E-state index contributed by atoms with van der Waals surface area (Å²) >= 11 is 0. The molecule has 0 rings (SSSR count).